The first kappa shape index (κ1) is 37.2. The molecular weight excluding hydrogens is 630 g/mol. The molecule has 12 nitrogen and oxygen atoms in total. The van der Waals surface area contributed by atoms with Crippen molar-refractivity contribution in [3.05, 3.63) is 91.8 Å². The van der Waals surface area contributed by atoms with Crippen molar-refractivity contribution in [2.75, 3.05) is 85.9 Å². The van der Waals surface area contributed by atoms with Gasteiger partial charge in [-0.15, -0.1) is 6.58 Å². The highest BCUT2D eigenvalue weighted by Gasteiger charge is 2.07. The number of ether oxygens (including phenoxy) is 8. The van der Waals surface area contributed by atoms with Gasteiger partial charge in [-0.05, 0) is 67.1 Å². The quantitative estimate of drug-likeness (QED) is 0.0705. The Labute approximate surface area is 287 Å². The number of benzene rings is 1. The van der Waals surface area contributed by atoms with E-state index >= 15 is 0 Å². The zero-order chi connectivity index (χ0) is 34.2. The molecule has 0 saturated heterocycles. The van der Waals surface area contributed by atoms with Crippen molar-refractivity contribution < 1.29 is 43.0 Å². The highest BCUT2D eigenvalue weighted by molar-refractivity contribution is 5.62. The fraction of sp³-hybridized carbons (Fsp3) is 0.378. The molecule has 0 saturated carbocycles. The molecule has 4 aromatic rings. The van der Waals surface area contributed by atoms with Crippen LogP contribution in [-0.2, 0) is 18.9 Å². The van der Waals surface area contributed by atoms with Crippen LogP contribution in [-0.4, -0.2) is 106 Å². The zero-order valence-electron chi connectivity index (χ0n) is 27.7. The lowest BCUT2D eigenvalue weighted by Gasteiger charge is -2.10. The highest BCUT2D eigenvalue weighted by Crippen LogP contribution is 2.23. The van der Waals surface area contributed by atoms with Crippen molar-refractivity contribution in [2.24, 2.45) is 0 Å². The van der Waals surface area contributed by atoms with Crippen LogP contribution in [0.4, 0.5) is 0 Å². The summed E-state index contributed by atoms with van der Waals surface area (Å²) in [5, 5.41) is 8.65. The molecule has 0 radical (unpaired) electrons. The fourth-order valence-corrected chi connectivity index (χ4v) is 4.21. The maximum atomic E-state index is 8.65. The Hall–Kier alpha value is -4.59. The summed E-state index contributed by atoms with van der Waals surface area (Å²) < 4.78 is 44.5. The molecule has 0 spiro atoms. The van der Waals surface area contributed by atoms with Gasteiger partial charge in [0, 0.05) is 0 Å². The van der Waals surface area contributed by atoms with Crippen LogP contribution >= 0.6 is 0 Å². The Morgan fingerprint density at radius 2 is 0.878 bits per heavy atom. The van der Waals surface area contributed by atoms with Crippen molar-refractivity contribution >= 4 is 0 Å². The van der Waals surface area contributed by atoms with E-state index in [9.17, 15) is 0 Å². The average molecular weight is 676 g/mol. The SMILES string of the molecule is C=CCCOc1ccc(-c2cccc(-c3ccc(OCCOCCOCCOc4ccc(OCCOCCOCCO)cc4)cn3)n2)nc1. The molecule has 0 fully saturated rings. The van der Waals surface area contributed by atoms with E-state index in [0.29, 0.717) is 90.8 Å². The third-order valence-corrected chi connectivity index (χ3v) is 6.63. The molecule has 3 heterocycles. The van der Waals surface area contributed by atoms with Gasteiger partial charge in [0.05, 0.1) is 101 Å². The summed E-state index contributed by atoms with van der Waals surface area (Å²) in [4.78, 5) is 13.7. The second-order valence-corrected chi connectivity index (χ2v) is 10.3. The van der Waals surface area contributed by atoms with E-state index in [-0.39, 0.29) is 6.61 Å². The fourth-order valence-electron chi connectivity index (χ4n) is 4.21. The zero-order valence-corrected chi connectivity index (χ0v) is 27.7. The van der Waals surface area contributed by atoms with Crippen LogP contribution in [0.5, 0.6) is 23.0 Å². The third-order valence-electron chi connectivity index (χ3n) is 6.63. The number of aliphatic hydroxyl groups excluding tert-OH is 1. The summed E-state index contributed by atoms with van der Waals surface area (Å²) in [7, 11) is 0. The Kier molecular flexibility index (Phi) is 17.4. The van der Waals surface area contributed by atoms with Crippen molar-refractivity contribution in [1.82, 2.24) is 15.0 Å². The Morgan fingerprint density at radius 3 is 1.31 bits per heavy atom. The summed E-state index contributed by atoms with van der Waals surface area (Å²) in [6.07, 6.45) is 5.98. The number of hydrogen-bond acceptors (Lipinski definition) is 12. The lowest BCUT2D eigenvalue weighted by molar-refractivity contribution is 0.0247. The number of nitrogens with zero attached hydrogens (tertiary/aromatic N) is 3. The molecule has 0 aliphatic heterocycles. The Balaban J connectivity index is 1.02. The predicted molar refractivity (Wildman–Crippen MR) is 184 cm³/mol. The first-order chi connectivity index (χ1) is 24.2. The number of aromatic nitrogens is 3. The van der Waals surface area contributed by atoms with Crippen LogP contribution in [0.15, 0.2) is 91.8 Å². The van der Waals surface area contributed by atoms with E-state index in [1.807, 2.05) is 72.8 Å². The van der Waals surface area contributed by atoms with Crippen molar-refractivity contribution in [3.8, 4) is 45.8 Å². The summed E-state index contributed by atoms with van der Waals surface area (Å²) in [6, 6.07) is 20.7. The van der Waals surface area contributed by atoms with E-state index in [0.717, 1.165) is 40.7 Å². The van der Waals surface area contributed by atoms with Crippen LogP contribution in [0.2, 0.25) is 0 Å². The molecule has 0 amide bonds. The molecule has 1 aromatic carbocycles. The minimum atomic E-state index is 0.0137. The average Bonchev–Trinajstić information content (AvgIpc) is 3.15. The largest absolute Gasteiger partial charge is 0.492 e. The van der Waals surface area contributed by atoms with Crippen LogP contribution < -0.4 is 18.9 Å². The predicted octanol–water partition coefficient (Wildman–Crippen LogP) is 5.06. The molecule has 0 bridgehead atoms. The maximum Gasteiger partial charge on any atom is 0.137 e. The van der Waals surface area contributed by atoms with Crippen LogP contribution in [0.3, 0.4) is 0 Å². The molecule has 49 heavy (non-hydrogen) atoms. The standard InChI is InChI=1S/C37H45N3O9/c1-2-3-16-46-32-11-13-34(38-28-32)36-5-4-6-37(40-36)35-14-12-33(29-39-35)49-27-24-45-21-20-44-23-26-48-31-9-7-30(8-10-31)47-25-22-43-19-18-42-17-15-41/h2,4-14,28-29,41H,1,3,15-27H2. The summed E-state index contributed by atoms with van der Waals surface area (Å²) >= 11 is 0. The molecule has 4 rings (SSSR count). The third kappa shape index (κ3) is 14.6. The van der Waals surface area contributed by atoms with Gasteiger partial charge < -0.3 is 43.0 Å². The topological polar surface area (TPSA) is 133 Å². The number of aliphatic hydroxyl groups is 1. The van der Waals surface area contributed by atoms with E-state index in [1.54, 1.807) is 12.4 Å². The lowest BCUT2D eigenvalue weighted by atomic mass is 10.2. The van der Waals surface area contributed by atoms with Gasteiger partial charge in [-0.25, -0.2) is 4.98 Å². The van der Waals surface area contributed by atoms with Crippen molar-refractivity contribution in [3.63, 3.8) is 0 Å². The first-order valence-electron chi connectivity index (χ1n) is 16.3. The summed E-state index contributed by atoms with van der Waals surface area (Å²) in [5.41, 5.74) is 2.98. The van der Waals surface area contributed by atoms with E-state index < -0.39 is 0 Å². The molecule has 0 aliphatic rings. The van der Waals surface area contributed by atoms with Crippen LogP contribution in [0, 0.1) is 0 Å². The molecule has 262 valence electrons. The molecular formula is C37H45N3O9. The molecule has 1 N–H and O–H groups in total. The van der Waals surface area contributed by atoms with Gasteiger partial charge in [-0.3, -0.25) is 9.97 Å². The van der Waals surface area contributed by atoms with Crippen molar-refractivity contribution in [2.45, 2.75) is 6.42 Å². The van der Waals surface area contributed by atoms with Gasteiger partial charge in [-0.2, -0.15) is 0 Å². The molecule has 12 heteroatoms. The van der Waals surface area contributed by atoms with E-state index in [4.69, 9.17) is 48.0 Å². The summed E-state index contributed by atoms with van der Waals surface area (Å²) in [6.45, 7) is 9.01. The Bertz CT molecular complexity index is 1460. The lowest BCUT2D eigenvalue weighted by Crippen LogP contribution is -2.13. The molecule has 0 unspecified atom stereocenters. The van der Waals surface area contributed by atoms with Crippen LogP contribution in [0.1, 0.15) is 6.42 Å². The molecule has 3 aromatic heterocycles. The number of rotatable bonds is 26. The molecule has 0 aliphatic carbocycles. The second-order valence-electron chi connectivity index (χ2n) is 10.3. The highest BCUT2D eigenvalue weighted by atomic mass is 16.6. The van der Waals surface area contributed by atoms with Gasteiger partial charge >= 0.3 is 0 Å². The van der Waals surface area contributed by atoms with Gasteiger partial charge in [0.1, 0.15) is 42.8 Å². The second kappa shape index (κ2) is 22.9. The number of pyridine rings is 3. The molecule has 0 atom stereocenters. The van der Waals surface area contributed by atoms with Gasteiger partial charge in [0.2, 0.25) is 0 Å². The normalized spacial score (nSPS) is 10.9. The van der Waals surface area contributed by atoms with Gasteiger partial charge in [0.15, 0.2) is 0 Å². The Morgan fingerprint density at radius 1 is 0.469 bits per heavy atom. The summed E-state index contributed by atoms with van der Waals surface area (Å²) in [5.74, 6) is 2.83. The van der Waals surface area contributed by atoms with Crippen molar-refractivity contribution in [1.29, 1.82) is 0 Å². The first-order valence-corrected chi connectivity index (χ1v) is 16.3. The minimum absolute atomic E-state index is 0.0137. The number of hydrogen-bond donors (Lipinski definition) is 1. The smallest absolute Gasteiger partial charge is 0.137 e. The minimum Gasteiger partial charge on any atom is -0.492 e. The maximum absolute atomic E-state index is 8.65. The van der Waals surface area contributed by atoms with E-state index in [2.05, 4.69) is 16.5 Å². The van der Waals surface area contributed by atoms with E-state index in [1.165, 1.54) is 0 Å². The van der Waals surface area contributed by atoms with Gasteiger partial charge in [0.25, 0.3) is 0 Å². The van der Waals surface area contributed by atoms with Crippen LogP contribution in [0.25, 0.3) is 22.8 Å². The monoisotopic (exact) mass is 675 g/mol. The van der Waals surface area contributed by atoms with Gasteiger partial charge in [-0.1, -0.05) is 12.1 Å².